The molecule has 2 amide bonds. The molecule has 0 saturated heterocycles. The fraction of sp³-hybridized carbons (Fsp3) is 0.839. The number of carboxylic acid groups (broad SMARTS) is 2. The molecule has 0 aromatic rings. The van der Waals surface area contributed by atoms with Crippen molar-refractivity contribution in [1.82, 2.24) is 10.6 Å². The zero-order chi connectivity index (χ0) is 30.6. The van der Waals surface area contributed by atoms with Gasteiger partial charge < -0.3 is 26.6 Å². The van der Waals surface area contributed by atoms with Crippen molar-refractivity contribution in [1.29, 1.82) is 0 Å². The van der Waals surface area contributed by atoms with E-state index in [1.807, 2.05) is 0 Å². The van der Waals surface area contributed by atoms with Gasteiger partial charge in [-0.15, -0.1) is 0 Å². The second-order valence-corrected chi connectivity index (χ2v) is 11.1. The van der Waals surface area contributed by atoms with Gasteiger partial charge >= 0.3 is 11.9 Å². The van der Waals surface area contributed by atoms with Crippen LogP contribution in [0.1, 0.15) is 148 Å². The lowest BCUT2D eigenvalue weighted by Crippen LogP contribution is -2.41. The lowest BCUT2D eigenvalue weighted by Gasteiger charge is -2.14. The van der Waals surface area contributed by atoms with Crippen LogP contribution in [0, 0.1) is 0 Å². The Kier molecular flexibility index (Phi) is 26.0. The van der Waals surface area contributed by atoms with Gasteiger partial charge in [0.2, 0.25) is 18.1 Å². The number of carbonyl (C=O) groups excluding carboxylic acids is 3. The lowest BCUT2D eigenvalue weighted by atomic mass is 10.0. The van der Waals surface area contributed by atoms with Crippen LogP contribution in [0.3, 0.4) is 0 Å². The van der Waals surface area contributed by atoms with Crippen LogP contribution in [-0.4, -0.2) is 58.9 Å². The van der Waals surface area contributed by atoms with E-state index in [-0.39, 0.29) is 24.7 Å². The van der Waals surface area contributed by atoms with Crippen LogP contribution < -0.4 is 16.4 Å². The first-order valence-electron chi connectivity index (χ1n) is 15.9. The SMILES string of the molecule is N[C@H]([C]=O)CCCCNC(=O)CC[C@H](NC(=O)CCCCCCCCCCCCCCCCCCC(=O)O)C(=O)O. The summed E-state index contributed by atoms with van der Waals surface area (Å²) >= 11 is 0. The summed E-state index contributed by atoms with van der Waals surface area (Å²) in [6.07, 6.45) is 22.4. The number of aliphatic carboxylic acids is 2. The van der Waals surface area contributed by atoms with Gasteiger partial charge in [-0.2, -0.15) is 0 Å². The van der Waals surface area contributed by atoms with Gasteiger partial charge in [-0.25, -0.2) is 4.79 Å². The molecular weight excluding hydrogens is 526 g/mol. The molecule has 0 rings (SSSR count). The minimum absolute atomic E-state index is 0.0104. The highest BCUT2D eigenvalue weighted by atomic mass is 16.4. The maximum atomic E-state index is 12.2. The number of unbranched alkanes of at least 4 members (excludes halogenated alkanes) is 16. The van der Waals surface area contributed by atoms with E-state index in [0.717, 1.165) is 44.9 Å². The maximum absolute atomic E-state index is 12.2. The molecule has 6 N–H and O–H groups in total. The number of carboxylic acids is 2. The summed E-state index contributed by atoms with van der Waals surface area (Å²) in [5, 5.41) is 23.3. The lowest BCUT2D eigenvalue weighted by molar-refractivity contribution is -0.142. The van der Waals surface area contributed by atoms with Gasteiger partial charge in [-0.3, -0.25) is 19.2 Å². The molecule has 0 spiro atoms. The number of carbonyl (C=O) groups is 4. The molecule has 10 nitrogen and oxygen atoms in total. The molecule has 0 aliphatic carbocycles. The Bertz CT molecular complexity index is 718. The number of nitrogens with two attached hydrogens (primary N) is 1. The first-order valence-corrected chi connectivity index (χ1v) is 15.9. The molecular formula is C31H56N3O7. The van der Waals surface area contributed by atoms with Gasteiger partial charge in [0.15, 0.2) is 0 Å². The number of hydrogen-bond donors (Lipinski definition) is 5. The quantitative estimate of drug-likeness (QED) is 0.0721. The molecule has 0 fully saturated rings. The Labute approximate surface area is 247 Å². The van der Waals surface area contributed by atoms with Crippen LogP contribution in [-0.2, 0) is 24.0 Å². The number of rotatable bonds is 30. The van der Waals surface area contributed by atoms with Crippen molar-refractivity contribution in [2.75, 3.05) is 6.54 Å². The smallest absolute Gasteiger partial charge is 0.326 e. The third kappa shape index (κ3) is 27.5. The van der Waals surface area contributed by atoms with Gasteiger partial charge in [-0.05, 0) is 38.5 Å². The van der Waals surface area contributed by atoms with E-state index in [0.29, 0.717) is 38.6 Å². The van der Waals surface area contributed by atoms with E-state index in [4.69, 9.17) is 10.8 Å². The van der Waals surface area contributed by atoms with Gasteiger partial charge in [0.05, 0.1) is 6.04 Å². The summed E-state index contributed by atoms with van der Waals surface area (Å²) < 4.78 is 0. The fourth-order valence-corrected chi connectivity index (χ4v) is 4.70. The Hall–Kier alpha value is -2.49. The van der Waals surface area contributed by atoms with Gasteiger partial charge in [-0.1, -0.05) is 89.9 Å². The molecule has 0 unspecified atom stereocenters. The van der Waals surface area contributed by atoms with E-state index in [1.165, 1.54) is 57.8 Å². The van der Waals surface area contributed by atoms with Crippen molar-refractivity contribution in [2.24, 2.45) is 5.73 Å². The Morgan fingerprint density at radius 2 is 1.05 bits per heavy atom. The van der Waals surface area contributed by atoms with Crippen molar-refractivity contribution < 1.29 is 34.2 Å². The summed E-state index contributed by atoms with van der Waals surface area (Å²) in [7, 11) is 0. The normalized spacial score (nSPS) is 12.4. The highest BCUT2D eigenvalue weighted by Crippen LogP contribution is 2.14. The fourth-order valence-electron chi connectivity index (χ4n) is 4.70. The highest BCUT2D eigenvalue weighted by molar-refractivity contribution is 5.84. The molecule has 1 radical (unpaired) electrons. The largest absolute Gasteiger partial charge is 0.481 e. The first kappa shape index (κ1) is 38.5. The molecule has 2 atom stereocenters. The molecule has 10 heteroatoms. The zero-order valence-electron chi connectivity index (χ0n) is 25.1. The molecule has 237 valence electrons. The Balaban J connectivity index is 3.62. The topological polar surface area (TPSA) is 176 Å². The molecule has 0 aromatic carbocycles. The monoisotopic (exact) mass is 582 g/mol. The molecule has 0 saturated carbocycles. The maximum Gasteiger partial charge on any atom is 0.326 e. The van der Waals surface area contributed by atoms with Crippen LogP contribution in [0.4, 0.5) is 0 Å². The summed E-state index contributed by atoms with van der Waals surface area (Å²) in [6, 6.07) is -1.68. The molecule has 0 aromatic heterocycles. The van der Waals surface area contributed by atoms with Crippen molar-refractivity contribution in [3.05, 3.63) is 0 Å². The van der Waals surface area contributed by atoms with Crippen molar-refractivity contribution in [3.63, 3.8) is 0 Å². The average Bonchev–Trinajstić information content (AvgIpc) is 2.93. The average molecular weight is 583 g/mol. The first-order chi connectivity index (χ1) is 19.8. The minimum Gasteiger partial charge on any atom is -0.481 e. The van der Waals surface area contributed by atoms with Crippen molar-refractivity contribution >= 4 is 30.0 Å². The van der Waals surface area contributed by atoms with Crippen molar-refractivity contribution in [2.45, 2.75) is 160 Å². The predicted molar refractivity (Wildman–Crippen MR) is 160 cm³/mol. The number of nitrogens with one attached hydrogen (secondary N) is 2. The summed E-state index contributed by atoms with van der Waals surface area (Å²) in [6.45, 7) is 0.426. The molecule has 0 aliphatic rings. The van der Waals surface area contributed by atoms with Gasteiger partial charge in [0.1, 0.15) is 6.04 Å². The standard InChI is InChI=1S/C31H56N3O7/c32-26(25-35)19-17-18-24-33-28(36)23-22-27(31(40)41)34-29(37)20-15-13-11-9-7-5-3-1-2-4-6-8-10-12-14-16-21-30(38)39/h26-27H,1-24,32H2,(H,33,36)(H,34,37)(H,38,39)(H,40,41)/t26-,27-/m0/s1. The van der Waals surface area contributed by atoms with E-state index in [1.54, 1.807) is 6.29 Å². The van der Waals surface area contributed by atoms with Crippen molar-refractivity contribution in [3.8, 4) is 0 Å². The third-order valence-corrected chi connectivity index (χ3v) is 7.25. The second kappa shape index (κ2) is 27.7. The predicted octanol–water partition coefficient (Wildman–Crippen LogP) is 5.17. The molecule has 0 heterocycles. The summed E-state index contributed by atoms with van der Waals surface area (Å²) in [5.74, 6) is -2.40. The summed E-state index contributed by atoms with van der Waals surface area (Å²) in [5.41, 5.74) is 5.46. The van der Waals surface area contributed by atoms with Gasteiger partial charge in [0, 0.05) is 25.8 Å². The zero-order valence-corrected chi connectivity index (χ0v) is 25.1. The van der Waals surface area contributed by atoms with E-state index in [2.05, 4.69) is 10.6 Å². The van der Waals surface area contributed by atoms with Gasteiger partial charge in [0.25, 0.3) is 0 Å². The van der Waals surface area contributed by atoms with E-state index in [9.17, 15) is 29.1 Å². The van der Waals surface area contributed by atoms with Crippen LogP contribution >= 0.6 is 0 Å². The van der Waals surface area contributed by atoms with E-state index >= 15 is 0 Å². The number of hydrogen-bond acceptors (Lipinski definition) is 6. The van der Waals surface area contributed by atoms with Crippen LogP contribution in [0.15, 0.2) is 0 Å². The van der Waals surface area contributed by atoms with Crippen LogP contribution in [0.25, 0.3) is 0 Å². The van der Waals surface area contributed by atoms with E-state index < -0.39 is 24.0 Å². The highest BCUT2D eigenvalue weighted by Gasteiger charge is 2.20. The Morgan fingerprint density at radius 3 is 1.49 bits per heavy atom. The second-order valence-electron chi connectivity index (χ2n) is 11.1. The Morgan fingerprint density at radius 1 is 0.585 bits per heavy atom. The molecule has 0 aliphatic heterocycles. The number of amides is 2. The third-order valence-electron chi connectivity index (χ3n) is 7.25. The van der Waals surface area contributed by atoms with Crippen LogP contribution in [0.5, 0.6) is 0 Å². The minimum atomic E-state index is -1.14. The summed E-state index contributed by atoms with van der Waals surface area (Å²) in [4.78, 5) is 56.4. The van der Waals surface area contributed by atoms with Crippen LogP contribution in [0.2, 0.25) is 0 Å². The molecule has 41 heavy (non-hydrogen) atoms. The molecule has 0 bridgehead atoms.